The second kappa shape index (κ2) is 11.2. The Morgan fingerprint density at radius 2 is 1.77 bits per heavy atom. The molecule has 0 fully saturated rings. The summed E-state index contributed by atoms with van der Waals surface area (Å²) in [6.07, 6.45) is 0.419. The summed E-state index contributed by atoms with van der Waals surface area (Å²) in [6.45, 7) is 5.84. The molecular weight excluding hydrogens is 410 g/mol. The van der Waals surface area contributed by atoms with Crippen molar-refractivity contribution in [2.45, 2.75) is 38.4 Å². The first kappa shape index (κ1) is 23.2. The van der Waals surface area contributed by atoms with Crippen molar-refractivity contribution in [1.29, 1.82) is 0 Å². The van der Waals surface area contributed by atoms with Crippen LogP contribution < -0.4 is 11.1 Å². The standard InChI is InChI=1S/C19H25N5O5S/c1-4-14(24-18(20)22-23-19(24)30-11-15(25)28-5-2)16(26)21-13-9-7-12(8-10-13)17(27)29-6-3/h7-10,14H,4-6,11H2,1-3H3,(H2,20,22)(H,21,26). The van der Waals surface area contributed by atoms with Crippen molar-refractivity contribution in [2.24, 2.45) is 0 Å². The monoisotopic (exact) mass is 435 g/mol. The molecule has 1 atom stereocenters. The zero-order chi connectivity index (χ0) is 22.1. The molecule has 0 aliphatic rings. The van der Waals surface area contributed by atoms with Crippen LogP contribution in [0.15, 0.2) is 29.4 Å². The fourth-order valence-corrected chi connectivity index (χ4v) is 3.41. The number of carbonyl (C=O) groups is 3. The van der Waals surface area contributed by atoms with Crippen molar-refractivity contribution in [2.75, 3.05) is 30.0 Å². The van der Waals surface area contributed by atoms with Crippen LogP contribution in [0.4, 0.5) is 11.6 Å². The first-order chi connectivity index (χ1) is 14.4. The number of hydrogen-bond donors (Lipinski definition) is 2. The molecule has 1 aromatic carbocycles. The summed E-state index contributed by atoms with van der Waals surface area (Å²) in [6, 6.07) is 5.69. The Bertz CT molecular complexity index is 884. The highest BCUT2D eigenvalue weighted by atomic mass is 32.2. The third-order valence-electron chi connectivity index (χ3n) is 3.98. The van der Waals surface area contributed by atoms with Crippen molar-refractivity contribution < 1.29 is 23.9 Å². The quantitative estimate of drug-likeness (QED) is 0.425. The Morgan fingerprint density at radius 1 is 1.10 bits per heavy atom. The van der Waals surface area contributed by atoms with Gasteiger partial charge >= 0.3 is 11.9 Å². The molecule has 2 rings (SSSR count). The molecule has 1 amide bonds. The number of anilines is 2. The molecule has 2 aromatic rings. The van der Waals surface area contributed by atoms with E-state index in [2.05, 4.69) is 15.5 Å². The molecule has 1 aromatic heterocycles. The number of carbonyl (C=O) groups excluding carboxylic acids is 3. The van der Waals surface area contributed by atoms with Gasteiger partial charge in [-0.25, -0.2) is 4.79 Å². The summed E-state index contributed by atoms with van der Waals surface area (Å²) in [5.74, 6) is -1.05. The second-order valence-electron chi connectivity index (χ2n) is 6.02. The summed E-state index contributed by atoms with van der Waals surface area (Å²) in [4.78, 5) is 36.2. The minimum absolute atomic E-state index is 0.0271. The fraction of sp³-hybridized carbons (Fsp3) is 0.421. The van der Waals surface area contributed by atoms with Gasteiger partial charge in [-0.2, -0.15) is 0 Å². The van der Waals surface area contributed by atoms with Gasteiger partial charge in [0.25, 0.3) is 0 Å². The van der Waals surface area contributed by atoms with E-state index in [-0.39, 0.29) is 30.8 Å². The van der Waals surface area contributed by atoms with Gasteiger partial charge < -0.3 is 20.5 Å². The Labute approximate surface area is 178 Å². The predicted octanol–water partition coefficient (Wildman–Crippen LogP) is 2.28. The highest BCUT2D eigenvalue weighted by Crippen LogP contribution is 2.26. The maximum absolute atomic E-state index is 12.9. The van der Waals surface area contributed by atoms with Crippen molar-refractivity contribution in [3.63, 3.8) is 0 Å². The molecule has 0 radical (unpaired) electrons. The number of esters is 2. The van der Waals surface area contributed by atoms with E-state index >= 15 is 0 Å². The van der Waals surface area contributed by atoms with Crippen molar-refractivity contribution >= 4 is 41.2 Å². The lowest BCUT2D eigenvalue weighted by Gasteiger charge is -2.19. The SMILES string of the molecule is CCOC(=O)CSc1nnc(N)n1C(CC)C(=O)Nc1ccc(C(=O)OCC)cc1. The topological polar surface area (TPSA) is 138 Å². The van der Waals surface area contributed by atoms with Crippen LogP contribution in [0.1, 0.15) is 43.6 Å². The summed E-state index contributed by atoms with van der Waals surface area (Å²) >= 11 is 1.10. The number of nitrogen functional groups attached to an aromatic ring is 1. The molecule has 0 saturated carbocycles. The van der Waals surface area contributed by atoms with Gasteiger partial charge in [-0.15, -0.1) is 10.2 Å². The van der Waals surface area contributed by atoms with Crippen LogP contribution in [0.5, 0.6) is 0 Å². The van der Waals surface area contributed by atoms with Gasteiger partial charge in [-0.05, 0) is 44.5 Å². The van der Waals surface area contributed by atoms with Crippen LogP contribution in [-0.4, -0.2) is 51.6 Å². The summed E-state index contributed by atoms with van der Waals surface area (Å²) in [5.41, 5.74) is 6.83. The molecule has 0 bridgehead atoms. The highest BCUT2D eigenvalue weighted by Gasteiger charge is 2.25. The number of amides is 1. The van der Waals surface area contributed by atoms with E-state index in [0.29, 0.717) is 22.8 Å². The average molecular weight is 436 g/mol. The largest absolute Gasteiger partial charge is 0.465 e. The van der Waals surface area contributed by atoms with E-state index in [4.69, 9.17) is 15.2 Å². The van der Waals surface area contributed by atoms with E-state index < -0.39 is 18.0 Å². The Kier molecular flexibility index (Phi) is 8.66. The fourth-order valence-electron chi connectivity index (χ4n) is 2.62. The zero-order valence-corrected chi connectivity index (χ0v) is 17.9. The van der Waals surface area contributed by atoms with Crippen LogP contribution in [0.3, 0.4) is 0 Å². The molecule has 1 heterocycles. The Balaban J connectivity index is 2.12. The average Bonchev–Trinajstić information content (AvgIpc) is 3.08. The van der Waals surface area contributed by atoms with E-state index in [9.17, 15) is 14.4 Å². The van der Waals surface area contributed by atoms with Crippen LogP contribution in [0, 0.1) is 0 Å². The van der Waals surface area contributed by atoms with E-state index in [1.54, 1.807) is 38.1 Å². The number of thioether (sulfide) groups is 1. The lowest BCUT2D eigenvalue weighted by molar-refractivity contribution is -0.139. The molecule has 0 spiro atoms. The van der Waals surface area contributed by atoms with Gasteiger partial charge in [-0.3, -0.25) is 14.2 Å². The zero-order valence-electron chi connectivity index (χ0n) is 17.1. The number of rotatable bonds is 10. The lowest BCUT2D eigenvalue weighted by atomic mass is 10.1. The summed E-state index contributed by atoms with van der Waals surface area (Å²) in [5, 5.41) is 10.9. The number of hydrogen-bond acceptors (Lipinski definition) is 9. The van der Waals surface area contributed by atoms with Gasteiger partial charge in [0.15, 0.2) is 5.16 Å². The molecular formula is C19H25N5O5S. The van der Waals surface area contributed by atoms with Crippen molar-refractivity contribution in [3.05, 3.63) is 29.8 Å². The van der Waals surface area contributed by atoms with Gasteiger partial charge in [-0.1, -0.05) is 18.7 Å². The molecule has 0 aliphatic carbocycles. The van der Waals surface area contributed by atoms with Crippen molar-refractivity contribution in [3.8, 4) is 0 Å². The van der Waals surface area contributed by atoms with Crippen LogP contribution in [0.2, 0.25) is 0 Å². The first-order valence-electron chi connectivity index (χ1n) is 9.48. The number of nitrogens with one attached hydrogen (secondary N) is 1. The molecule has 3 N–H and O–H groups in total. The molecule has 30 heavy (non-hydrogen) atoms. The lowest BCUT2D eigenvalue weighted by Crippen LogP contribution is -2.27. The maximum atomic E-state index is 12.9. The number of nitrogens with two attached hydrogens (primary N) is 1. The number of benzene rings is 1. The molecule has 0 saturated heterocycles. The molecule has 1 unspecified atom stereocenters. The van der Waals surface area contributed by atoms with Gasteiger partial charge in [0.1, 0.15) is 6.04 Å². The summed E-state index contributed by atoms with van der Waals surface area (Å²) in [7, 11) is 0. The predicted molar refractivity (Wildman–Crippen MR) is 112 cm³/mol. The Morgan fingerprint density at radius 3 is 2.37 bits per heavy atom. The Hall–Kier alpha value is -3.08. The third kappa shape index (κ3) is 5.96. The molecule has 162 valence electrons. The van der Waals surface area contributed by atoms with Gasteiger partial charge in [0.2, 0.25) is 11.9 Å². The second-order valence-corrected chi connectivity index (χ2v) is 6.96. The van der Waals surface area contributed by atoms with Crippen LogP contribution in [0.25, 0.3) is 0 Å². The van der Waals surface area contributed by atoms with Gasteiger partial charge in [0, 0.05) is 5.69 Å². The smallest absolute Gasteiger partial charge is 0.338 e. The summed E-state index contributed by atoms with van der Waals surface area (Å²) < 4.78 is 11.3. The number of ether oxygens (including phenoxy) is 2. The van der Waals surface area contributed by atoms with Crippen LogP contribution >= 0.6 is 11.8 Å². The van der Waals surface area contributed by atoms with Crippen molar-refractivity contribution in [1.82, 2.24) is 14.8 Å². The maximum Gasteiger partial charge on any atom is 0.338 e. The van der Waals surface area contributed by atoms with Gasteiger partial charge in [0.05, 0.1) is 24.5 Å². The first-order valence-corrected chi connectivity index (χ1v) is 10.5. The molecule has 10 nitrogen and oxygen atoms in total. The molecule has 11 heteroatoms. The normalized spacial score (nSPS) is 11.6. The number of aromatic nitrogens is 3. The van der Waals surface area contributed by atoms with E-state index in [0.717, 1.165) is 11.8 Å². The third-order valence-corrected chi connectivity index (χ3v) is 4.90. The number of nitrogens with zero attached hydrogens (tertiary/aromatic N) is 3. The molecule has 0 aliphatic heterocycles. The van der Waals surface area contributed by atoms with Crippen LogP contribution in [-0.2, 0) is 19.1 Å². The van der Waals surface area contributed by atoms with E-state index in [1.807, 2.05) is 6.92 Å². The highest BCUT2D eigenvalue weighted by molar-refractivity contribution is 7.99. The van der Waals surface area contributed by atoms with E-state index in [1.165, 1.54) is 4.57 Å². The minimum atomic E-state index is -0.686. The minimum Gasteiger partial charge on any atom is -0.465 e.